The van der Waals surface area contributed by atoms with E-state index in [0.29, 0.717) is 0 Å². The molecule has 1 N–H and O–H groups in total. The molecular weight excluding hydrogens is 260 g/mol. The van der Waals surface area contributed by atoms with Gasteiger partial charge in [-0.25, -0.2) is 0 Å². The minimum absolute atomic E-state index is 0.0758. The molecule has 0 aliphatic carbocycles. The van der Waals surface area contributed by atoms with Crippen molar-refractivity contribution in [1.29, 1.82) is 0 Å². The van der Waals surface area contributed by atoms with Gasteiger partial charge in [-0.2, -0.15) is 0 Å². The first-order chi connectivity index (χ1) is 10.0. The Kier molecular flexibility index (Phi) is 5.21. The molecule has 0 saturated heterocycles. The summed E-state index contributed by atoms with van der Waals surface area (Å²) in [6.07, 6.45) is 0. The zero-order valence-electron chi connectivity index (χ0n) is 13.5. The van der Waals surface area contributed by atoms with Crippen molar-refractivity contribution in [2.45, 2.75) is 25.8 Å². The standard InChI is InChI=1S/C18H26N2O/c1-15-10-11-17(21-15)12-20(4)14-18(2,13-19-3)16-8-6-5-7-9-16/h5-11,19H,12-14H2,1-4H3. The Bertz CT molecular complexity index is 549. The molecule has 2 rings (SSSR count). The molecule has 0 aliphatic rings. The van der Waals surface area contributed by atoms with E-state index < -0.39 is 0 Å². The van der Waals surface area contributed by atoms with Crippen LogP contribution in [0.2, 0.25) is 0 Å². The summed E-state index contributed by atoms with van der Waals surface area (Å²) in [7, 11) is 4.16. The first-order valence-corrected chi connectivity index (χ1v) is 7.47. The second kappa shape index (κ2) is 6.92. The highest BCUT2D eigenvalue weighted by molar-refractivity contribution is 5.25. The molecule has 1 unspecified atom stereocenters. The van der Waals surface area contributed by atoms with Crippen molar-refractivity contribution in [3.63, 3.8) is 0 Å². The molecule has 114 valence electrons. The zero-order chi connectivity index (χ0) is 15.3. The highest BCUT2D eigenvalue weighted by Crippen LogP contribution is 2.24. The van der Waals surface area contributed by atoms with Gasteiger partial charge in [0.1, 0.15) is 11.5 Å². The van der Waals surface area contributed by atoms with Gasteiger partial charge in [0.25, 0.3) is 0 Å². The quantitative estimate of drug-likeness (QED) is 0.847. The molecule has 1 heterocycles. The average Bonchev–Trinajstić information content (AvgIpc) is 2.85. The van der Waals surface area contributed by atoms with E-state index in [9.17, 15) is 0 Å². The van der Waals surface area contributed by atoms with Gasteiger partial charge in [-0.1, -0.05) is 37.3 Å². The topological polar surface area (TPSA) is 28.4 Å². The van der Waals surface area contributed by atoms with Crippen LogP contribution in [-0.4, -0.2) is 32.1 Å². The summed E-state index contributed by atoms with van der Waals surface area (Å²) >= 11 is 0. The Balaban J connectivity index is 2.08. The Morgan fingerprint density at radius 2 is 1.86 bits per heavy atom. The maximum atomic E-state index is 5.68. The summed E-state index contributed by atoms with van der Waals surface area (Å²) in [6.45, 7) is 7.04. The molecule has 2 aromatic rings. The summed E-state index contributed by atoms with van der Waals surface area (Å²) in [6, 6.07) is 14.8. The molecule has 21 heavy (non-hydrogen) atoms. The van der Waals surface area contributed by atoms with Crippen LogP contribution >= 0.6 is 0 Å². The Labute approximate surface area is 128 Å². The van der Waals surface area contributed by atoms with Gasteiger partial charge in [-0.15, -0.1) is 0 Å². The molecule has 0 aliphatic heterocycles. The van der Waals surface area contributed by atoms with Gasteiger partial charge >= 0.3 is 0 Å². The van der Waals surface area contributed by atoms with Crippen LogP contribution in [-0.2, 0) is 12.0 Å². The maximum Gasteiger partial charge on any atom is 0.118 e. The lowest BCUT2D eigenvalue weighted by molar-refractivity contribution is 0.229. The van der Waals surface area contributed by atoms with Gasteiger partial charge in [-0.05, 0) is 38.7 Å². The highest BCUT2D eigenvalue weighted by atomic mass is 16.3. The van der Waals surface area contributed by atoms with E-state index in [4.69, 9.17) is 4.42 Å². The second-order valence-corrected chi connectivity index (χ2v) is 6.14. The van der Waals surface area contributed by atoms with E-state index in [1.54, 1.807) is 0 Å². The van der Waals surface area contributed by atoms with Gasteiger partial charge in [0, 0.05) is 18.5 Å². The molecule has 1 aromatic heterocycles. The van der Waals surface area contributed by atoms with E-state index in [0.717, 1.165) is 31.2 Å². The third-order valence-corrected chi connectivity index (χ3v) is 3.88. The lowest BCUT2D eigenvalue weighted by atomic mass is 9.82. The highest BCUT2D eigenvalue weighted by Gasteiger charge is 2.27. The number of nitrogens with zero attached hydrogens (tertiary/aromatic N) is 1. The number of aryl methyl sites for hydroxylation is 1. The molecular formula is C18H26N2O. The van der Waals surface area contributed by atoms with Crippen molar-refractivity contribution in [3.05, 3.63) is 59.5 Å². The molecule has 0 amide bonds. The van der Waals surface area contributed by atoms with E-state index in [1.807, 2.05) is 20.0 Å². The number of hydrogen-bond acceptors (Lipinski definition) is 3. The largest absolute Gasteiger partial charge is 0.465 e. The first-order valence-electron chi connectivity index (χ1n) is 7.47. The monoisotopic (exact) mass is 286 g/mol. The predicted octanol–water partition coefficient (Wildman–Crippen LogP) is 3.20. The van der Waals surface area contributed by atoms with Crippen LogP contribution in [0.3, 0.4) is 0 Å². The smallest absolute Gasteiger partial charge is 0.118 e. The first kappa shape index (κ1) is 15.8. The fraction of sp³-hybridized carbons (Fsp3) is 0.444. The molecule has 0 spiro atoms. The van der Waals surface area contributed by atoms with E-state index in [2.05, 4.69) is 60.6 Å². The van der Waals surface area contributed by atoms with Crippen molar-refractivity contribution in [2.75, 3.05) is 27.2 Å². The molecule has 1 aromatic carbocycles. The minimum Gasteiger partial charge on any atom is -0.465 e. The number of likely N-dealkylation sites (N-methyl/N-ethyl adjacent to an activating group) is 2. The predicted molar refractivity (Wildman–Crippen MR) is 87.5 cm³/mol. The third-order valence-electron chi connectivity index (χ3n) is 3.88. The van der Waals surface area contributed by atoms with E-state index in [-0.39, 0.29) is 5.41 Å². The number of rotatable bonds is 7. The van der Waals surface area contributed by atoms with Crippen LogP contribution in [0.25, 0.3) is 0 Å². The average molecular weight is 286 g/mol. The third kappa shape index (κ3) is 4.19. The van der Waals surface area contributed by atoms with Crippen molar-refractivity contribution < 1.29 is 4.42 Å². The van der Waals surface area contributed by atoms with Gasteiger partial charge in [0.2, 0.25) is 0 Å². The number of benzene rings is 1. The lowest BCUT2D eigenvalue weighted by Crippen LogP contribution is -2.43. The summed E-state index contributed by atoms with van der Waals surface area (Å²) in [4.78, 5) is 2.32. The van der Waals surface area contributed by atoms with Crippen LogP contribution < -0.4 is 5.32 Å². The molecule has 3 heteroatoms. The van der Waals surface area contributed by atoms with E-state index in [1.165, 1.54) is 5.56 Å². The van der Waals surface area contributed by atoms with Crippen LogP contribution in [0.5, 0.6) is 0 Å². The van der Waals surface area contributed by atoms with Crippen LogP contribution in [0, 0.1) is 6.92 Å². The summed E-state index contributed by atoms with van der Waals surface area (Å²) in [5.41, 5.74) is 1.44. The van der Waals surface area contributed by atoms with Gasteiger partial charge < -0.3 is 9.73 Å². The number of hydrogen-bond donors (Lipinski definition) is 1. The Morgan fingerprint density at radius 3 is 2.43 bits per heavy atom. The molecule has 0 fully saturated rings. The Morgan fingerprint density at radius 1 is 1.14 bits per heavy atom. The lowest BCUT2D eigenvalue weighted by Gasteiger charge is -2.34. The van der Waals surface area contributed by atoms with Gasteiger partial charge in [-0.3, -0.25) is 4.90 Å². The minimum atomic E-state index is 0.0758. The van der Waals surface area contributed by atoms with E-state index >= 15 is 0 Å². The molecule has 1 atom stereocenters. The molecule has 0 radical (unpaired) electrons. The fourth-order valence-electron chi connectivity index (χ4n) is 2.97. The summed E-state index contributed by atoms with van der Waals surface area (Å²) < 4.78 is 5.68. The van der Waals surface area contributed by atoms with Crippen LogP contribution in [0.15, 0.2) is 46.9 Å². The number of furan rings is 1. The summed E-state index contributed by atoms with van der Waals surface area (Å²) in [5, 5.41) is 3.33. The molecule has 0 bridgehead atoms. The molecule has 3 nitrogen and oxygen atoms in total. The second-order valence-electron chi connectivity index (χ2n) is 6.14. The van der Waals surface area contributed by atoms with Crippen molar-refractivity contribution in [1.82, 2.24) is 10.2 Å². The number of nitrogens with one attached hydrogen (secondary N) is 1. The van der Waals surface area contributed by atoms with Crippen LogP contribution in [0.1, 0.15) is 24.0 Å². The van der Waals surface area contributed by atoms with Crippen LogP contribution in [0.4, 0.5) is 0 Å². The van der Waals surface area contributed by atoms with Gasteiger partial charge in [0.05, 0.1) is 6.54 Å². The fourth-order valence-corrected chi connectivity index (χ4v) is 2.97. The van der Waals surface area contributed by atoms with Gasteiger partial charge in [0.15, 0.2) is 0 Å². The zero-order valence-corrected chi connectivity index (χ0v) is 13.5. The van der Waals surface area contributed by atoms with Crippen molar-refractivity contribution in [3.8, 4) is 0 Å². The normalized spacial score (nSPS) is 14.3. The summed E-state index contributed by atoms with van der Waals surface area (Å²) in [5.74, 6) is 1.99. The SMILES string of the molecule is CNCC(C)(CN(C)Cc1ccc(C)o1)c1ccccc1. The molecule has 0 saturated carbocycles. The van der Waals surface area contributed by atoms with Crippen molar-refractivity contribution in [2.24, 2.45) is 0 Å². The Hall–Kier alpha value is -1.58. The maximum absolute atomic E-state index is 5.68. The van der Waals surface area contributed by atoms with Crippen molar-refractivity contribution >= 4 is 0 Å².